The van der Waals surface area contributed by atoms with Gasteiger partial charge in [0.2, 0.25) is 5.91 Å². The minimum atomic E-state index is 0.0873. The Hall–Kier alpha value is -1.61. The molecule has 90 valence electrons. The summed E-state index contributed by atoms with van der Waals surface area (Å²) in [6.45, 7) is 2.71. The molecule has 0 N–H and O–H groups in total. The first-order chi connectivity index (χ1) is 8.36. The summed E-state index contributed by atoms with van der Waals surface area (Å²) in [6, 6.07) is 10.1. The summed E-state index contributed by atoms with van der Waals surface area (Å²) in [6.07, 6.45) is 4.39. The third-order valence-corrected chi connectivity index (χ3v) is 2.78. The number of ether oxygens (including phenoxy) is 1. The second-order valence-corrected chi connectivity index (χ2v) is 4.03. The van der Waals surface area contributed by atoms with E-state index in [-0.39, 0.29) is 5.91 Å². The molecule has 1 aromatic rings. The van der Waals surface area contributed by atoms with Gasteiger partial charge in [-0.3, -0.25) is 4.79 Å². The molecular weight excluding hydrogens is 214 g/mol. The summed E-state index contributed by atoms with van der Waals surface area (Å²) < 4.78 is 5.21. The normalized spacial score (nSPS) is 16.4. The Morgan fingerprint density at radius 3 is 2.65 bits per heavy atom. The Morgan fingerprint density at radius 2 is 1.94 bits per heavy atom. The van der Waals surface area contributed by atoms with E-state index in [2.05, 4.69) is 12.1 Å². The Bertz CT molecular complexity index is 380. The van der Waals surface area contributed by atoms with Crippen LogP contribution in [0.4, 0.5) is 0 Å². The van der Waals surface area contributed by atoms with Crippen LogP contribution in [0.3, 0.4) is 0 Å². The fourth-order valence-electron chi connectivity index (χ4n) is 1.80. The van der Waals surface area contributed by atoms with Crippen LogP contribution < -0.4 is 0 Å². The van der Waals surface area contributed by atoms with Gasteiger partial charge >= 0.3 is 0 Å². The molecule has 3 heteroatoms. The first-order valence-electron chi connectivity index (χ1n) is 5.93. The van der Waals surface area contributed by atoms with Gasteiger partial charge in [0.25, 0.3) is 0 Å². The van der Waals surface area contributed by atoms with Crippen molar-refractivity contribution in [3.63, 3.8) is 0 Å². The SMILES string of the molecule is O=C(C=CCc1ccccc1)N1CCOCC1. The third-order valence-electron chi connectivity index (χ3n) is 2.78. The van der Waals surface area contributed by atoms with Crippen LogP contribution in [0.2, 0.25) is 0 Å². The zero-order valence-corrected chi connectivity index (χ0v) is 9.84. The zero-order chi connectivity index (χ0) is 11.9. The van der Waals surface area contributed by atoms with E-state index in [9.17, 15) is 4.79 Å². The number of carbonyl (C=O) groups is 1. The lowest BCUT2D eigenvalue weighted by atomic mass is 10.1. The summed E-state index contributed by atoms with van der Waals surface area (Å²) in [5.41, 5.74) is 1.22. The second kappa shape index (κ2) is 6.21. The Morgan fingerprint density at radius 1 is 1.24 bits per heavy atom. The maximum Gasteiger partial charge on any atom is 0.246 e. The standard InChI is InChI=1S/C14H17NO2/c16-14(15-9-11-17-12-10-15)8-4-7-13-5-2-1-3-6-13/h1-6,8H,7,9-12H2. The molecule has 0 atom stereocenters. The van der Waals surface area contributed by atoms with Gasteiger partial charge in [0.1, 0.15) is 0 Å². The lowest BCUT2D eigenvalue weighted by molar-refractivity contribution is -0.129. The number of benzene rings is 1. The van der Waals surface area contributed by atoms with Crippen LogP contribution in [-0.4, -0.2) is 37.1 Å². The molecule has 0 radical (unpaired) electrons. The summed E-state index contributed by atoms with van der Waals surface area (Å²) >= 11 is 0. The first-order valence-corrected chi connectivity index (χ1v) is 5.93. The van der Waals surface area contributed by atoms with Gasteiger partial charge < -0.3 is 9.64 Å². The van der Waals surface area contributed by atoms with Gasteiger partial charge in [0.05, 0.1) is 13.2 Å². The maximum absolute atomic E-state index is 11.8. The maximum atomic E-state index is 11.8. The molecule has 2 rings (SSSR count). The highest BCUT2D eigenvalue weighted by atomic mass is 16.5. The van der Waals surface area contributed by atoms with Crippen molar-refractivity contribution in [2.75, 3.05) is 26.3 Å². The molecule has 1 amide bonds. The molecule has 1 aromatic carbocycles. The van der Waals surface area contributed by atoms with E-state index >= 15 is 0 Å². The smallest absolute Gasteiger partial charge is 0.246 e. The van der Waals surface area contributed by atoms with Crippen LogP contribution in [0, 0.1) is 0 Å². The zero-order valence-electron chi connectivity index (χ0n) is 9.84. The fourth-order valence-corrected chi connectivity index (χ4v) is 1.80. The highest BCUT2D eigenvalue weighted by Gasteiger charge is 2.13. The topological polar surface area (TPSA) is 29.5 Å². The first kappa shape index (κ1) is 11.9. The van der Waals surface area contributed by atoms with Crippen molar-refractivity contribution in [3.05, 3.63) is 48.0 Å². The number of amides is 1. The van der Waals surface area contributed by atoms with Crippen LogP contribution in [0.5, 0.6) is 0 Å². The molecule has 0 unspecified atom stereocenters. The monoisotopic (exact) mass is 231 g/mol. The minimum Gasteiger partial charge on any atom is -0.378 e. The Balaban J connectivity index is 1.82. The van der Waals surface area contributed by atoms with Gasteiger partial charge in [0.15, 0.2) is 0 Å². The minimum absolute atomic E-state index is 0.0873. The van der Waals surface area contributed by atoms with Gasteiger partial charge in [-0.25, -0.2) is 0 Å². The van der Waals surface area contributed by atoms with Crippen molar-refractivity contribution in [2.45, 2.75) is 6.42 Å². The molecule has 1 heterocycles. The van der Waals surface area contributed by atoms with Gasteiger partial charge in [-0.2, -0.15) is 0 Å². The molecular formula is C14H17NO2. The van der Waals surface area contributed by atoms with Crippen molar-refractivity contribution in [1.82, 2.24) is 4.90 Å². The van der Waals surface area contributed by atoms with Crippen molar-refractivity contribution >= 4 is 5.91 Å². The Kier molecular flexibility index (Phi) is 4.33. The molecule has 1 aliphatic rings. The van der Waals surface area contributed by atoms with Gasteiger partial charge in [0, 0.05) is 13.1 Å². The molecule has 17 heavy (non-hydrogen) atoms. The molecule has 1 saturated heterocycles. The lowest BCUT2D eigenvalue weighted by Gasteiger charge is -2.25. The number of hydrogen-bond donors (Lipinski definition) is 0. The van der Waals surface area contributed by atoms with Gasteiger partial charge in [-0.15, -0.1) is 0 Å². The highest BCUT2D eigenvalue weighted by Crippen LogP contribution is 2.02. The van der Waals surface area contributed by atoms with E-state index in [0.29, 0.717) is 26.3 Å². The van der Waals surface area contributed by atoms with E-state index in [1.54, 1.807) is 6.08 Å². The molecule has 3 nitrogen and oxygen atoms in total. The number of morpholine rings is 1. The van der Waals surface area contributed by atoms with Crippen LogP contribution in [0.15, 0.2) is 42.5 Å². The number of carbonyl (C=O) groups excluding carboxylic acids is 1. The predicted molar refractivity (Wildman–Crippen MR) is 66.7 cm³/mol. The number of rotatable bonds is 3. The number of hydrogen-bond acceptors (Lipinski definition) is 2. The van der Waals surface area contributed by atoms with E-state index in [1.165, 1.54) is 5.56 Å². The van der Waals surface area contributed by atoms with E-state index in [0.717, 1.165) is 6.42 Å². The predicted octanol–water partition coefficient (Wildman–Crippen LogP) is 1.64. The molecule has 0 aromatic heterocycles. The van der Waals surface area contributed by atoms with Crippen molar-refractivity contribution in [1.29, 1.82) is 0 Å². The molecule has 0 bridgehead atoms. The highest BCUT2D eigenvalue weighted by molar-refractivity contribution is 5.87. The summed E-state index contributed by atoms with van der Waals surface area (Å²) in [4.78, 5) is 13.6. The lowest BCUT2D eigenvalue weighted by Crippen LogP contribution is -2.39. The number of allylic oxidation sites excluding steroid dienone is 1. The molecule has 1 fully saturated rings. The Labute approximate surface area is 102 Å². The average molecular weight is 231 g/mol. The molecule has 0 saturated carbocycles. The van der Waals surface area contributed by atoms with Crippen LogP contribution in [0.25, 0.3) is 0 Å². The molecule has 0 aliphatic carbocycles. The van der Waals surface area contributed by atoms with Crippen molar-refractivity contribution in [3.8, 4) is 0 Å². The number of nitrogens with zero attached hydrogens (tertiary/aromatic N) is 1. The summed E-state index contributed by atoms with van der Waals surface area (Å²) in [5.74, 6) is 0.0873. The van der Waals surface area contributed by atoms with Crippen molar-refractivity contribution in [2.24, 2.45) is 0 Å². The molecule has 1 aliphatic heterocycles. The van der Waals surface area contributed by atoms with Crippen LogP contribution >= 0.6 is 0 Å². The third kappa shape index (κ3) is 3.71. The largest absolute Gasteiger partial charge is 0.378 e. The molecule has 0 spiro atoms. The van der Waals surface area contributed by atoms with Gasteiger partial charge in [-0.05, 0) is 18.1 Å². The van der Waals surface area contributed by atoms with E-state index < -0.39 is 0 Å². The summed E-state index contributed by atoms with van der Waals surface area (Å²) in [5, 5.41) is 0. The fraction of sp³-hybridized carbons (Fsp3) is 0.357. The van der Waals surface area contributed by atoms with E-state index in [1.807, 2.05) is 29.2 Å². The summed E-state index contributed by atoms with van der Waals surface area (Å²) in [7, 11) is 0. The van der Waals surface area contributed by atoms with Crippen LogP contribution in [-0.2, 0) is 16.0 Å². The second-order valence-electron chi connectivity index (χ2n) is 4.03. The van der Waals surface area contributed by atoms with Crippen LogP contribution in [0.1, 0.15) is 5.56 Å². The van der Waals surface area contributed by atoms with Gasteiger partial charge in [-0.1, -0.05) is 36.4 Å². The average Bonchev–Trinajstić information content (AvgIpc) is 2.41. The van der Waals surface area contributed by atoms with Crippen molar-refractivity contribution < 1.29 is 9.53 Å². The van der Waals surface area contributed by atoms with E-state index in [4.69, 9.17) is 4.74 Å². The quantitative estimate of drug-likeness (QED) is 0.740.